The molecule has 0 aliphatic rings. The maximum atomic E-state index is 12.5. The summed E-state index contributed by atoms with van der Waals surface area (Å²) < 4.78 is 89.8. The molecule has 29 heavy (non-hydrogen) atoms. The second-order valence-corrected chi connectivity index (χ2v) is 6.87. The van der Waals surface area contributed by atoms with Crippen LogP contribution in [0.15, 0.2) is 53.8 Å². The molecular weight excluding hydrogens is 382 g/mol. The Morgan fingerprint density at radius 3 is 2.72 bits per heavy atom. The summed E-state index contributed by atoms with van der Waals surface area (Å²) >= 11 is 0.991. The maximum Gasteiger partial charge on any atom is 0.230 e. The summed E-state index contributed by atoms with van der Waals surface area (Å²) in [5.41, 5.74) is 5.03. The number of aryl methyl sites for hydroxylation is 1. The molecule has 0 spiro atoms. The average molecular weight is 421 g/mol. The maximum absolute atomic E-state index is 12.5. The van der Waals surface area contributed by atoms with Crippen molar-refractivity contribution in [2.24, 2.45) is 0 Å². The van der Waals surface area contributed by atoms with Gasteiger partial charge in [0.15, 0.2) is 5.13 Å². The van der Waals surface area contributed by atoms with Gasteiger partial charge in [-0.1, -0.05) is 48.3 Å². The normalized spacial score (nSPS) is 20.0. The molecule has 0 aliphatic heterocycles. The number of hydrogen-bond donors (Lipinski definition) is 3. The van der Waals surface area contributed by atoms with Gasteiger partial charge >= 0.3 is 0 Å². The van der Waals surface area contributed by atoms with Crippen molar-refractivity contribution in [1.29, 1.82) is 0 Å². The zero-order chi connectivity index (χ0) is 30.4. The van der Waals surface area contributed by atoms with E-state index in [1.54, 1.807) is 0 Å². The summed E-state index contributed by atoms with van der Waals surface area (Å²) in [6.07, 6.45) is -12.5. The van der Waals surface area contributed by atoms with Gasteiger partial charge in [-0.05, 0) is 49.4 Å². The lowest BCUT2D eigenvalue weighted by Gasteiger charge is -2.11. The van der Waals surface area contributed by atoms with Crippen LogP contribution in [0.2, 0.25) is 0 Å². The quantitative estimate of drug-likeness (QED) is 0.470. The minimum atomic E-state index is -3.30. The Labute approximate surface area is 191 Å². The zero-order valence-corrected chi connectivity index (χ0v) is 16.4. The van der Waals surface area contributed by atoms with Gasteiger partial charge in [-0.25, -0.2) is 4.98 Å². The van der Waals surface area contributed by atoms with Crippen molar-refractivity contribution in [2.75, 3.05) is 11.1 Å². The molecular formula is C23H27N3O2S. The lowest BCUT2D eigenvalue weighted by Crippen LogP contribution is -2.14. The fraction of sp³-hybridized carbons (Fsp3) is 0.304. The van der Waals surface area contributed by atoms with Gasteiger partial charge in [-0.2, -0.15) is 0 Å². The number of amides is 1. The Bertz CT molecular complexity index is 1400. The van der Waals surface area contributed by atoms with Crippen molar-refractivity contribution < 1.29 is 25.0 Å². The van der Waals surface area contributed by atoms with Crippen LogP contribution in [0.25, 0.3) is 0 Å². The molecule has 0 radical (unpaired) electrons. The highest BCUT2D eigenvalue weighted by Crippen LogP contribution is 2.21. The van der Waals surface area contributed by atoms with Gasteiger partial charge in [0.2, 0.25) is 5.91 Å². The molecule has 6 heteroatoms. The number of aromatic nitrogens is 1. The van der Waals surface area contributed by atoms with Crippen LogP contribution < -0.4 is 11.1 Å². The molecule has 5 nitrogen and oxygen atoms in total. The highest BCUT2D eigenvalue weighted by Gasteiger charge is 2.08. The lowest BCUT2D eigenvalue weighted by molar-refractivity contribution is -0.115. The van der Waals surface area contributed by atoms with Crippen LogP contribution in [0.1, 0.15) is 62.7 Å². The summed E-state index contributed by atoms with van der Waals surface area (Å²) in [7, 11) is 0. The largest absolute Gasteiger partial charge is 0.388 e. The van der Waals surface area contributed by atoms with Gasteiger partial charge in [0.05, 0.1) is 25.0 Å². The second-order valence-electron chi connectivity index (χ2n) is 5.98. The SMILES string of the molecule is [2H]c1c([2H])c([C@@]([2H])(O)C([2H])([2H])CC([2H])([2H])Cc2ccc(NC(=O)C([2H])([2H])c3csc(N)n3)cc2)c([2H])c([2H])c1C. The molecule has 0 saturated carbocycles. The second kappa shape index (κ2) is 10.2. The minimum Gasteiger partial charge on any atom is -0.388 e. The molecule has 0 saturated heterocycles. The number of nitrogen functional groups attached to an aromatic ring is 1. The lowest BCUT2D eigenvalue weighted by atomic mass is 10.0. The first-order valence-corrected chi connectivity index (χ1v) is 9.51. The molecule has 1 heterocycles. The van der Waals surface area contributed by atoms with Crippen LogP contribution >= 0.6 is 11.3 Å². The van der Waals surface area contributed by atoms with E-state index in [0.717, 1.165) is 11.3 Å². The molecule has 2 aromatic carbocycles. The first kappa shape index (κ1) is 10.9. The van der Waals surface area contributed by atoms with Crippen LogP contribution in [-0.4, -0.2) is 16.0 Å². The van der Waals surface area contributed by atoms with Crippen molar-refractivity contribution in [1.82, 2.24) is 4.98 Å². The number of hydrogen-bond acceptors (Lipinski definition) is 5. The van der Waals surface area contributed by atoms with E-state index in [4.69, 9.17) is 20.8 Å². The molecule has 0 bridgehead atoms. The third-order valence-corrected chi connectivity index (χ3v) is 4.35. The van der Waals surface area contributed by atoms with E-state index in [-0.39, 0.29) is 28.5 Å². The predicted octanol–water partition coefficient (Wildman–Crippen LogP) is 4.66. The Morgan fingerprint density at radius 2 is 2.07 bits per heavy atom. The van der Waals surface area contributed by atoms with Crippen molar-refractivity contribution >= 4 is 28.1 Å². The Balaban J connectivity index is 1.76. The number of carbonyl (C=O) groups is 1. The standard InChI is InChI=1S/C23H27N3O2S/c1-16-6-10-18(11-7-16)21(27)5-3-2-4-17-8-12-19(13-9-17)25-22(28)14-20-15-29-23(24)26-20/h6-13,15,21,27H,2-5,14H2,1H3,(H2,24,26)(H,25,28)/t21-/m0/s1/i2D2,5D2,6D,7D,10D,11D,14D2,21D. The third kappa shape index (κ3) is 6.69. The smallest absolute Gasteiger partial charge is 0.230 e. The van der Waals surface area contributed by atoms with Crippen molar-refractivity contribution in [3.63, 3.8) is 0 Å². The topological polar surface area (TPSA) is 88.2 Å². The van der Waals surface area contributed by atoms with Crippen molar-refractivity contribution in [3.05, 3.63) is 76.2 Å². The molecule has 0 aliphatic carbocycles. The van der Waals surface area contributed by atoms with E-state index in [1.165, 1.54) is 36.6 Å². The molecule has 0 fully saturated rings. The number of rotatable bonds is 9. The summed E-state index contributed by atoms with van der Waals surface area (Å²) in [5.74, 6) is -0.992. The monoisotopic (exact) mass is 420 g/mol. The summed E-state index contributed by atoms with van der Waals surface area (Å²) in [6.45, 7) is 1.32. The van der Waals surface area contributed by atoms with Crippen molar-refractivity contribution in [3.8, 4) is 0 Å². The van der Waals surface area contributed by atoms with Gasteiger partial charge in [0.1, 0.15) is 0 Å². The van der Waals surface area contributed by atoms with Gasteiger partial charge in [-0.3, -0.25) is 4.79 Å². The number of benzene rings is 2. The van der Waals surface area contributed by atoms with E-state index in [2.05, 4.69) is 10.3 Å². The zero-order valence-electron chi connectivity index (χ0n) is 26.6. The molecule has 1 aromatic heterocycles. The number of nitrogens with two attached hydrogens (primary N) is 1. The Hall–Kier alpha value is -2.70. The van der Waals surface area contributed by atoms with Crippen LogP contribution in [0, 0.1) is 6.92 Å². The molecule has 1 atom stereocenters. The van der Waals surface area contributed by atoms with Crippen LogP contribution in [-0.2, 0) is 17.6 Å². The van der Waals surface area contributed by atoms with Gasteiger partial charge in [-0.15, -0.1) is 11.3 Å². The van der Waals surface area contributed by atoms with E-state index in [9.17, 15) is 9.90 Å². The molecule has 3 aromatic rings. The fourth-order valence-electron chi connectivity index (χ4n) is 2.26. The van der Waals surface area contributed by atoms with Gasteiger partial charge in [0.25, 0.3) is 0 Å². The third-order valence-electron chi connectivity index (χ3n) is 3.67. The van der Waals surface area contributed by atoms with Crippen LogP contribution in [0.4, 0.5) is 10.8 Å². The molecule has 1 amide bonds. The number of nitrogens with one attached hydrogen (secondary N) is 1. The summed E-state index contributed by atoms with van der Waals surface area (Å²) in [5, 5.41) is 14.7. The van der Waals surface area contributed by atoms with Crippen molar-refractivity contribution in [2.45, 2.75) is 45.0 Å². The first-order chi connectivity index (χ1) is 18.2. The van der Waals surface area contributed by atoms with Crippen LogP contribution in [0.5, 0.6) is 0 Å². The number of anilines is 2. The molecule has 3 rings (SSSR count). The molecule has 0 unspecified atom stereocenters. The number of carbonyl (C=O) groups excluding carboxylic acids is 1. The highest BCUT2D eigenvalue weighted by molar-refractivity contribution is 7.13. The number of nitrogens with zero attached hydrogens (tertiary/aromatic N) is 1. The van der Waals surface area contributed by atoms with E-state index in [1.807, 2.05) is 0 Å². The van der Waals surface area contributed by atoms with Gasteiger partial charge in [0, 0.05) is 19.3 Å². The highest BCUT2D eigenvalue weighted by atomic mass is 32.1. The summed E-state index contributed by atoms with van der Waals surface area (Å²) in [4.78, 5) is 16.3. The van der Waals surface area contributed by atoms with E-state index in [0.29, 0.717) is 5.56 Å². The fourth-order valence-corrected chi connectivity index (χ4v) is 2.76. The predicted molar refractivity (Wildman–Crippen MR) is 119 cm³/mol. The van der Waals surface area contributed by atoms with E-state index >= 15 is 0 Å². The average Bonchev–Trinajstić information content (AvgIpc) is 3.28. The first-order valence-electron chi connectivity index (χ1n) is 14.1. The molecule has 152 valence electrons. The van der Waals surface area contributed by atoms with E-state index < -0.39 is 67.3 Å². The minimum absolute atomic E-state index is 0.0333. The Morgan fingerprint density at radius 1 is 1.34 bits per heavy atom. The summed E-state index contributed by atoms with van der Waals surface area (Å²) in [6, 6.07) is 3.07. The molecule has 4 N–H and O–H groups in total. The van der Waals surface area contributed by atoms with Crippen LogP contribution in [0.3, 0.4) is 0 Å². The number of thiazole rings is 1. The van der Waals surface area contributed by atoms with Gasteiger partial charge < -0.3 is 16.2 Å². The Kier molecular flexibility index (Phi) is 3.83. The number of aliphatic hydroxyl groups is 1.